The van der Waals surface area contributed by atoms with E-state index < -0.39 is 0 Å². The maximum absolute atomic E-state index is 12.3. The van der Waals surface area contributed by atoms with Gasteiger partial charge in [-0.3, -0.25) is 9.59 Å². The van der Waals surface area contributed by atoms with Crippen molar-refractivity contribution in [3.63, 3.8) is 0 Å². The molecule has 5 nitrogen and oxygen atoms in total. The zero-order valence-corrected chi connectivity index (χ0v) is 14.4. The minimum Gasteiger partial charge on any atom is -0.341 e. The molecule has 0 aliphatic carbocycles. The fraction of sp³-hybridized carbons (Fsp3) is 0.875. The van der Waals surface area contributed by atoms with Crippen LogP contribution in [0.5, 0.6) is 0 Å². The summed E-state index contributed by atoms with van der Waals surface area (Å²) in [7, 11) is 0. The van der Waals surface area contributed by atoms with Gasteiger partial charge in [0.05, 0.1) is 6.04 Å². The molecule has 0 aromatic rings. The number of carbonyl (C=O) groups is 2. The Morgan fingerprint density at radius 1 is 1.27 bits per heavy atom. The van der Waals surface area contributed by atoms with Crippen LogP contribution < -0.4 is 5.73 Å². The molecule has 128 valence electrons. The highest BCUT2D eigenvalue weighted by atomic mass is 35.5. The van der Waals surface area contributed by atoms with Gasteiger partial charge in [0.25, 0.3) is 0 Å². The average molecular weight is 332 g/mol. The smallest absolute Gasteiger partial charge is 0.239 e. The van der Waals surface area contributed by atoms with Crippen molar-refractivity contribution in [2.24, 2.45) is 5.73 Å². The summed E-state index contributed by atoms with van der Waals surface area (Å²) in [5, 5.41) is 0. The number of nitrogens with two attached hydrogens (primary N) is 1. The van der Waals surface area contributed by atoms with E-state index in [1.807, 2.05) is 9.80 Å². The van der Waals surface area contributed by atoms with Crippen LogP contribution in [0.15, 0.2) is 0 Å². The Morgan fingerprint density at radius 3 is 2.55 bits per heavy atom. The Balaban J connectivity index is 0.00000242. The Bertz CT molecular complexity index is 370. The highest BCUT2D eigenvalue weighted by Crippen LogP contribution is 2.22. The van der Waals surface area contributed by atoms with Gasteiger partial charge in [-0.1, -0.05) is 19.8 Å². The van der Waals surface area contributed by atoms with Crippen LogP contribution >= 0.6 is 12.4 Å². The van der Waals surface area contributed by atoms with Gasteiger partial charge in [0.15, 0.2) is 0 Å². The molecule has 0 spiro atoms. The summed E-state index contributed by atoms with van der Waals surface area (Å²) in [6.45, 7) is 4.49. The molecule has 2 N–H and O–H groups in total. The number of likely N-dealkylation sites (tertiary alicyclic amines) is 2. The van der Waals surface area contributed by atoms with Gasteiger partial charge in [0, 0.05) is 32.1 Å². The van der Waals surface area contributed by atoms with Crippen molar-refractivity contribution >= 4 is 24.2 Å². The average Bonchev–Trinajstić information content (AvgIpc) is 2.52. The van der Waals surface area contributed by atoms with Gasteiger partial charge in [-0.05, 0) is 32.1 Å². The molecule has 6 heteroatoms. The zero-order chi connectivity index (χ0) is 15.2. The van der Waals surface area contributed by atoms with Crippen LogP contribution in [-0.2, 0) is 9.59 Å². The lowest BCUT2D eigenvalue weighted by Gasteiger charge is -2.40. The van der Waals surface area contributed by atoms with Gasteiger partial charge in [-0.2, -0.15) is 0 Å². The third-order valence-electron chi connectivity index (χ3n) is 4.76. The van der Waals surface area contributed by atoms with E-state index in [1.54, 1.807) is 0 Å². The first-order valence-electron chi connectivity index (χ1n) is 8.47. The second kappa shape index (κ2) is 9.36. The normalized spacial score (nSPS) is 21.5. The Hall–Kier alpha value is -0.810. The van der Waals surface area contributed by atoms with Crippen molar-refractivity contribution in [3.8, 4) is 0 Å². The number of unbranched alkanes of at least 4 members (excludes halogenated alkanes) is 1. The van der Waals surface area contributed by atoms with E-state index in [0.717, 1.165) is 64.6 Å². The van der Waals surface area contributed by atoms with Crippen LogP contribution in [-0.4, -0.2) is 53.3 Å². The minimum absolute atomic E-state index is 0. The molecule has 2 rings (SSSR count). The maximum Gasteiger partial charge on any atom is 0.239 e. The zero-order valence-electron chi connectivity index (χ0n) is 13.6. The molecule has 0 bridgehead atoms. The monoisotopic (exact) mass is 331 g/mol. The van der Waals surface area contributed by atoms with E-state index in [1.165, 1.54) is 0 Å². The lowest BCUT2D eigenvalue weighted by atomic mass is 9.98. The first-order valence-corrected chi connectivity index (χ1v) is 8.47. The third-order valence-corrected chi connectivity index (χ3v) is 4.76. The molecule has 0 radical (unpaired) electrons. The van der Waals surface area contributed by atoms with E-state index in [-0.39, 0.29) is 24.4 Å². The number of hydrogen-bond donors (Lipinski definition) is 1. The standard InChI is InChI=1S/C16H29N3O2.ClH/c1-2-3-6-14(17)16(21)18-11-8-13(9-12-18)19-10-5-4-7-15(19)20;/h13-14H,2-12,17H2,1H3;1H. The molecule has 2 saturated heterocycles. The van der Waals surface area contributed by atoms with Gasteiger partial charge < -0.3 is 15.5 Å². The van der Waals surface area contributed by atoms with Crippen LogP contribution in [0.4, 0.5) is 0 Å². The summed E-state index contributed by atoms with van der Waals surface area (Å²) in [5.74, 6) is 0.387. The number of carbonyl (C=O) groups excluding carboxylic acids is 2. The fourth-order valence-electron chi connectivity index (χ4n) is 3.39. The Kier molecular flexibility index (Phi) is 8.18. The van der Waals surface area contributed by atoms with Crippen LogP contribution in [0.25, 0.3) is 0 Å². The van der Waals surface area contributed by atoms with Crippen molar-refractivity contribution in [2.75, 3.05) is 19.6 Å². The van der Waals surface area contributed by atoms with Crippen molar-refractivity contribution < 1.29 is 9.59 Å². The summed E-state index contributed by atoms with van der Waals surface area (Å²) in [6, 6.07) is -0.0214. The first-order chi connectivity index (χ1) is 10.1. The number of piperidine rings is 2. The number of nitrogens with zero attached hydrogens (tertiary/aromatic N) is 2. The highest BCUT2D eigenvalue weighted by molar-refractivity contribution is 5.85. The van der Waals surface area contributed by atoms with E-state index in [0.29, 0.717) is 18.4 Å². The van der Waals surface area contributed by atoms with Crippen LogP contribution in [0.1, 0.15) is 58.3 Å². The SMILES string of the molecule is CCCCC(N)C(=O)N1CCC(N2CCCCC2=O)CC1.Cl. The van der Waals surface area contributed by atoms with E-state index in [4.69, 9.17) is 5.73 Å². The van der Waals surface area contributed by atoms with Gasteiger partial charge >= 0.3 is 0 Å². The summed E-state index contributed by atoms with van der Waals surface area (Å²) >= 11 is 0. The molecule has 2 fully saturated rings. The molecule has 2 heterocycles. The van der Waals surface area contributed by atoms with Crippen molar-refractivity contribution in [1.29, 1.82) is 0 Å². The largest absolute Gasteiger partial charge is 0.341 e. The molecule has 2 aliphatic heterocycles. The molecule has 2 aliphatic rings. The molecule has 2 amide bonds. The topological polar surface area (TPSA) is 66.6 Å². The summed E-state index contributed by atoms with van der Waals surface area (Å²) in [5.41, 5.74) is 5.98. The molecule has 0 aromatic carbocycles. The summed E-state index contributed by atoms with van der Waals surface area (Å²) in [6.07, 6.45) is 7.49. The van der Waals surface area contributed by atoms with Crippen LogP contribution in [0.3, 0.4) is 0 Å². The molecule has 1 atom stereocenters. The lowest BCUT2D eigenvalue weighted by molar-refractivity contribution is -0.139. The predicted molar refractivity (Wildman–Crippen MR) is 89.9 cm³/mol. The number of amides is 2. The van der Waals surface area contributed by atoms with E-state index in [2.05, 4.69) is 6.92 Å². The highest BCUT2D eigenvalue weighted by Gasteiger charge is 2.31. The fourth-order valence-corrected chi connectivity index (χ4v) is 3.39. The second-order valence-corrected chi connectivity index (χ2v) is 6.35. The van der Waals surface area contributed by atoms with Crippen molar-refractivity contribution in [1.82, 2.24) is 9.80 Å². The quantitative estimate of drug-likeness (QED) is 0.837. The second-order valence-electron chi connectivity index (χ2n) is 6.35. The van der Waals surface area contributed by atoms with Gasteiger partial charge in [0.2, 0.25) is 11.8 Å². The molecule has 1 unspecified atom stereocenters. The van der Waals surface area contributed by atoms with E-state index >= 15 is 0 Å². The van der Waals surface area contributed by atoms with Crippen LogP contribution in [0.2, 0.25) is 0 Å². The molecular weight excluding hydrogens is 302 g/mol. The maximum atomic E-state index is 12.3. The van der Waals surface area contributed by atoms with Gasteiger partial charge in [-0.25, -0.2) is 0 Å². The van der Waals surface area contributed by atoms with Gasteiger partial charge in [-0.15, -0.1) is 12.4 Å². The van der Waals surface area contributed by atoms with Crippen LogP contribution in [0, 0.1) is 0 Å². The summed E-state index contributed by atoms with van der Waals surface area (Å²) in [4.78, 5) is 28.2. The minimum atomic E-state index is -0.349. The van der Waals surface area contributed by atoms with Crippen molar-refractivity contribution in [2.45, 2.75) is 70.4 Å². The molecular formula is C16H30ClN3O2. The summed E-state index contributed by atoms with van der Waals surface area (Å²) < 4.78 is 0. The Labute approximate surface area is 140 Å². The first kappa shape index (κ1) is 19.2. The van der Waals surface area contributed by atoms with Gasteiger partial charge in [0.1, 0.15) is 0 Å². The molecule has 22 heavy (non-hydrogen) atoms. The third kappa shape index (κ3) is 4.85. The lowest BCUT2D eigenvalue weighted by Crippen LogP contribution is -2.52. The number of rotatable bonds is 5. The van der Waals surface area contributed by atoms with E-state index in [9.17, 15) is 9.59 Å². The molecule has 0 aromatic heterocycles. The predicted octanol–water partition coefficient (Wildman–Crippen LogP) is 1.93. The number of halogens is 1. The number of hydrogen-bond acceptors (Lipinski definition) is 3. The Morgan fingerprint density at radius 2 is 1.95 bits per heavy atom. The van der Waals surface area contributed by atoms with Crippen molar-refractivity contribution in [3.05, 3.63) is 0 Å². The molecule has 0 saturated carbocycles.